The number of nitrogens with one attached hydrogen (secondary N) is 1. The second kappa shape index (κ2) is 8.87. The van der Waals surface area contributed by atoms with Gasteiger partial charge in [0.05, 0.1) is 15.7 Å². The van der Waals surface area contributed by atoms with E-state index in [9.17, 15) is 4.21 Å². The lowest BCUT2D eigenvalue weighted by Gasteiger charge is -2.38. The van der Waals surface area contributed by atoms with Gasteiger partial charge in [0.2, 0.25) is 0 Å². The predicted molar refractivity (Wildman–Crippen MR) is 117 cm³/mol. The molecule has 0 saturated heterocycles. The average Bonchev–Trinajstić information content (AvgIpc) is 2.70. The molecular formula is C23H25NOS2. The molecule has 3 atom stereocenters. The van der Waals surface area contributed by atoms with E-state index in [-0.39, 0.29) is 5.25 Å². The molecule has 3 aromatic rings. The van der Waals surface area contributed by atoms with Gasteiger partial charge in [0.1, 0.15) is 11.0 Å². The highest BCUT2D eigenvalue weighted by molar-refractivity contribution is 7.98. The van der Waals surface area contributed by atoms with Crippen molar-refractivity contribution < 1.29 is 4.21 Å². The van der Waals surface area contributed by atoms with Gasteiger partial charge in [-0.3, -0.25) is 0 Å². The zero-order valence-corrected chi connectivity index (χ0v) is 17.5. The van der Waals surface area contributed by atoms with Gasteiger partial charge in [-0.15, -0.1) is 0 Å². The van der Waals surface area contributed by atoms with E-state index >= 15 is 0 Å². The maximum atomic E-state index is 13.2. The second-order valence-electron chi connectivity index (χ2n) is 6.78. The fourth-order valence-corrected chi connectivity index (χ4v) is 5.59. The molecule has 0 spiro atoms. The molecule has 4 heteroatoms. The third-order valence-corrected chi connectivity index (χ3v) is 7.30. The van der Waals surface area contributed by atoms with Crippen molar-refractivity contribution in [1.29, 1.82) is 0 Å². The Morgan fingerprint density at radius 1 is 0.889 bits per heavy atom. The number of thioether (sulfide) groups is 1. The van der Waals surface area contributed by atoms with Gasteiger partial charge in [-0.1, -0.05) is 78.4 Å². The number of aryl methyl sites for hydroxylation is 1. The van der Waals surface area contributed by atoms with Gasteiger partial charge < -0.3 is 0 Å². The minimum absolute atomic E-state index is 0.107. The first-order valence-electron chi connectivity index (χ1n) is 8.94. The van der Waals surface area contributed by atoms with Gasteiger partial charge in [-0.25, -0.2) is 8.93 Å². The van der Waals surface area contributed by atoms with Crippen LogP contribution in [0.1, 0.15) is 28.9 Å². The van der Waals surface area contributed by atoms with Crippen LogP contribution >= 0.6 is 11.8 Å². The molecule has 0 aliphatic heterocycles. The van der Waals surface area contributed by atoms with Crippen molar-refractivity contribution in [3.63, 3.8) is 0 Å². The summed E-state index contributed by atoms with van der Waals surface area (Å²) in [6.45, 7) is 4.18. The molecule has 2 nitrogen and oxygen atoms in total. The van der Waals surface area contributed by atoms with Crippen LogP contribution in [0.4, 0.5) is 0 Å². The average molecular weight is 396 g/mol. The summed E-state index contributed by atoms with van der Waals surface area (Å²) in [4.78, 5) is 0.788. The molecule has 3 rings (SSSR count). The minimum atomic E-state index is -1.32. The fraction of sp³-hybridized carbons (Fsp3) is 0.217. The Labute approximate surface area is 169 Å². The molecule has 0 unspecified atom stereocenters. The van der Waals surface area contributed by atoms with Crippen LogP contribution in [0.2, 0.25) is 0 Å². The first kappa shape index (κ1) is 19.9. The highest BCUT2D eigenvalue weighted by Gasteiger charge is 2.38. The zero-order valence-electron chi connectivity index (χ0n) is 15.9. The van der Waals surface area contributed by atoms with Crippen molar-refractivity contribution in [2.45, 2.75) is 29.5 Å². The summed E-state index contributed by atoms with van der Waals surface area (Å²) in [5.41, 5.74) is 2.99. The second-order valence-corrected chi connectivity index (χ2v) is 8.93. The Hall–Kier alpha value is -1.88. The normalized spacial score (nSPS) is 15.7. The van der Waals surface area contributed by atoms with E-state index in [4.69, 9.17) is 0 Å². The lowest BCUT2D eigenvalue weighted by atomic mass is 9.86. The summed E-state index contributed by atoms with van der Waals surface area (Å²) in [5.74, 6) is 0. The largest absolute Gasteiger partial charge is 0.237 e. The van der Waals surface area contributed by atoms with Gasteiger partial charge >= 0.3 is 0 Å². The maximum absolute atomic E-state index is 13.2. The van der Waals surface area contributed by atoms with E-state index in [1.165, 1.54) is 5.56 Å². The quantitative estimate of drug-likeness (QED) is 0.562. The number of benzene rings is 3. The molecule has 0 aliphatic carbocycles. The van der Waals surface area contributed by atoms with Crippen molar-refractivity contribution in [3.8, 4) is 0 Å². The monoisotopic (exact) mass is 395 g/mol. The fourth-order valence-electron chi connectivity index (χ4n) is 3.29. The topological polar surface area (TPSA) is 29.1 Å². The number of rotatable bonds is 7. The maximum Gasteiger partial charge on any atom is 0.125 e. The lowest BCUT2D eigenvalue weighted by Crippen LogP contribution is -2.44. The van der Waals surface area contributed by atoms with E-state index < -0.39 is 16.5 Å². The highest BCUT2D eigenvalue weighted by Crippen LogP contribution is 2.44. The SMILES string of the molecule is CS[C@@H](c1ccccc1)[C@](C)(N[S@@](=O)c1ccc(C)cc1)c1ccccc1. The van der Waals surface area contributed by atoms with Gasteiger partial charge in [-0.05, 0) is 43.4 Å². The van der Waals surface area contributed by atoms with E-state index in [1.54, 1.807) is 11.8 Å². The molecule has 0 aromatic heterocycles. The van der Waals surface area contributed by atoms with Gasteiger partial charge in [0.25, 0.3) is 0 Å². The Morgan fingerprint density at radius 2 is 1.44 bits per heavy atom. The minimum Gasteiger partial charge on any atom is -0.237 e. The molecule has 0 aliphatic rings. The summed E-state index contributed by atoms with van der Waals surface area (Å²) >= 11 is 1.77. The van der Waals surface area contributed by atoms with Crippen LogP contribution in [0.3, 0.4) is 0 Å². The lowest BCUT2D eigenvalue weighted by molar-refractivity contribution is 0.434. The predicted octanol–water partition coefficient (Wildman–Crippen LogP) is 5.63. The Kier molecular flexibility index (Phi) is 6.53. The summed E-state index contributed by atoms with van der Waals surface area (Å²) in [5, 5.41) is 0.107. The van der Waals surface area contributed by atoms with Gasteiger partial charge in [0, 0.05) is 0 Å². The molecule has 3 aromatic carbocycles. The van der Waals surface area contributed by atoms with Crippen LogP contribution < -0.4 is 4.72 Å². The van der Waals surface area contributed by atoms with Crippen molar-refractivity contribution in [2.24, 2.45) is 0 Å². The van der Waals surface area contributed by atoms with E-state index in [0.717, 1.165) is 16.0 Å². The molecule has 27 heavy (non-hydrogen) atoms. The molecule has 140 valence electrons. The summed E-state index contributed by atoms with van der Waals surface area (Å²) in [6, 6.07) is 28.6. The van der Waals surface area contributed by atoms with Crippen LogP contribution in [0.5, 0.6) is 0 Å². The van der Waals surface area contributed by atoms with E-state index in [2.05, 4.69) is 54.3 Å². The van der Waals surface area contributed by atoms with Crippen LogP contribution in [-0.4, -0.2) is 10.5 Å². The zero-order chi connectivity index (χ0) is 19.3. The number of hydrogen-bond donors (Lipinski definition) is 1. The molecule has 1 N–H and O–H groups in total. The van der Waals surface area contributed by atoms with Crippen LogP contribution in [0.15, 0.2) is 89.8 Å². The molecule has 0 saturated carbocycles. The molecule has 0 radical (unpaired) electrons. The molecule has 0 fully saturated rings. The van der Waals surface area contributed by atoms with Crippen molar-refractivity contribution >= 4 is 22.7 Å². The molecule has 0 amide bonds. The van der Waals surface area contributed by atoms with E-state index in [1.807, 2.05) is 55.5 Å². The third kappa shape index (κ3) is 4.52. The van der Waals surface area contributed by atoms with Gasteiger partial charge in [-0.2, -0.15) is 11.8 Å². The Balaban J connectivity index is 2.02. The summed E-state index contributed by atoms with van der Waals surface area (Å²) < 4.78 is 16.6. The molecular weight excluding hydrogens is 370 g/mol. The van der Waals surface area contributed by atoms with E-state index in [0.29, 0.717) is 0 Å². The molecule has 0 bridgehead atoms. The molecule has 0 heterocycles. The Morgan fingerprint density at radius 3 is 2.00 bits per heavy atom. The number of hydrogen-bond acceptors (Lipinski definition) is 2. The van der Waals surface area contributed by atoms with Crippen LogP contribution in [0, 0.1) is 6.92 Å². The first-order valence-corrected chi connectivity index (χ1v) is 11.4. The highest BCUT2D eigenvalue weighted by atomic mass is 32.2. The van der Waals surface area contributed by atoms with Crippen LogP contribution in [0.25, 0.3) is 0 Å². The smallest absolute Gasteiger partial charge is 0.125 e. The van der Waals surface area contributed by atoms with Crippen molar-refractivity contribution in [1.82, 2.24) is 4.72 Å². The summed E-state index contributed by atoms with van der Waals surface area (Å²) in [7, 11) is -1.32. The van der Waals surface area contributed by atoms with Crippen LogP contribution in [-0.2, 0) is 16.5 Å². The third-order valence-electron chi connectivity index (χ3n) is 4.78. The Bertz CT molecular complexity index is 881. The van der Waals surface area contributed by atoms with Crippen molar-refractivity contribution in [2.75, 3.05) is 6.26 Å². The standard InChI is InChI=1S/C23H25NOS2/c1-18-14-16-21(17-15-18)27(25)24-23(2,20-12-8-5-9-13-20)22(26-3)19-10-6-4-7-11-19/h4-17,22,24H,1-3H3/t22-,23+,27-/m0/s1. The summed E-state index contributed by atoms with van der Waals surface area (Å²) in [6.07, 6.45) is 2.11. The van der Waals surface area contributed by atoms with Gasteiger partial charge in [0.15, 0.2) is 0 Å². The van der Waals surface area contributed by atoms with Crippen molar-refractivity contribution in [3.05, 3.63) is 102 Å². The first-order chi connectivity index (χ1) is 13.0.